The van der Waals surface area contributed by atoms with E-state index in [1.165, 1.54) is 6.07 Å². The lowest BCUT2D eigenvalue weighted by Crippen LogP contribution is -2.45. The predicted molar refractivity (Wildman–Crippen MR) is 122 cm³/mol. The van der Waals surface area contributed by atoms with Gasteiger partial charge in [-0.05, 0) is 54.5 Å². The van der Waals surface area contributed by atoms with Crippen LogP contribution in [0.25, 0.3) is 10.8 Å². The van der Waals surface area contributed by atoms with Crippen molar-refractivity contribution in [2.24, 2.45) is 5.92 Å². The monoisotopic (exact) mass is 434 g/mol. The van der Waals surface area contributed by atoms with E-state index in [-0.39, 0.29) is 30.1 Å². The zero-order valence-electron chi connectivity index (χ0n) is 18.4. The Labute approximate surface area is 187 Å². The zero-order valence-corrected chi connectivity index (χ0v) is 18.4. The van der Waals surface area contributed by atoms with Crippen LogP contribution >= 0.6 is 0 Å². The van der Waals surface area contributed by atoms with Gasteiger partial charge in [0.25, 0.3) is 5.91 Å². The molecule has 0 bridgehead atoms. The summed E-state index contributed by atoms with van der Waals surface area (Å²) in [6, 6.07) is 16.2. The number of hydrogen-bond donors (Lipinski definition) is 1. The highest BCUT2D eigenvalue weighted by Gasteiger charge is 2.29. The SMILES string of the molecule is COc1ccc(C(=O)N2CCC[C@H](C(=O)NCc3ccc(C)c(F)c3)C2)c2ccccc12. The summed E-state index contributed by atoms with van der Waals surface area (Å²) >= 11 is 0. The molecular weight excluding hydrogens is 407 g/mol. The maximum Gasteiger partial charge on any atom is 0.254 e. The third-order valence-corrected chi connectivity index (χ3v) is 6.12. The Kier molecular flexibility index (Phi) is 6.40. The molecule has 1 atom stereocenters. The smallest absolute Gasteiger partial charge is 0.254 e. The van der Waals surface area contributed by atoms with E-state index in [9.17, 15) is 14.0 Å². The number of piperidine rings is 1. The number of fused-ring (bicyclic) bond motifs is 1. The van der Waals surface area contributed by atoms with Gasteiger partial charge in [0.05, 0.1) is 13.0 Å². The highest BCUT2D eigenvalue weighted by atomic mass is 19.1. The van der Waals surface area contributed by atoms with Gasteiger partial charge in [0.2, 0.25) is 5.91 Å². The normalized spacial score (nSPS) is 16.1. The van der Waals surface area contributed by atoms with Gasteiger partial charge in [-0.2, -0.15) is 0 Å². The van der Waals surface area contributed by atoms with Crippen molar-refractivity contribution in [3.8, 4) is 5.75 Å². The van der Waals surface area contributed by atoms with Crippen LogP contribution in [0.5, 0.6) is 5.75 Å². The average Bonchev–Trinajstić information content (AvgIpc) is 2.83. The van der Waals surface area contributed by atoms with Crippen molar-refractivity contribution in [1.29, 1.82) is 0 Å². The van der Waals surface area contributed by atoms with Crippen molar-refractivity contribution in [3.63, 3.8) is 0 Å². The highest BCUT2D eigenvalue weighted by Crippen LogP contribution is 2.30. The van der Waals surface area contributed by atoms with E-state index in [1.54, 1.807) is 31.1 Å². The molecule has 1 aliphatic rings. The first kappa shape index (κ1) is 21.8. The molecule has 6 heteroatoms. The molecule has 0 aromatic heterocycles. The number of methoxy groups -OCH3 is 1. The topological polar surface area (TPSA) is 58.6 Å². The van der Waals surface area contributed by atoms with Gasteiger partial charge in [-0.1, -0.05) is 36.4 Å². The average molecular weight is 435 g/mol. The summed E-state index contributed by atoms with van der Waals surface area (Å²) in [5.74, 6) is -0.0314. The minimum absolute atomic E-state index is 0.0815. The number of carbonyl (C=O) groups is 2. The lowest BCUT2D eigenvalue weighted by atomic mass is 9.95. The van der Waals surface area contributed by atoms with Crippen molar-refractivity contribution in [2.45, 2.75) is 26.3 Å². The van der Waals surface area contributed by atoms with Crippen molar-refractivity contribution >= 4 is 22.6 Å². The second-order valence-corrected chi connectivity index (χ2v) is 8.25. The summed E-state index contributed by atoms with van der Waals surface area (Å²) in [7, 11) is 1.61. The first-order valence-corrected chi connectivity index (χ1v) is 10.9. The molecule has 0 aliphatic carbocycles. The number of benzene rings is 3. The molecule has 4 rings (SSSR count). The Morgan fingerprint density at radius 1 is 1.12 bits per heavy atom. The van der Waals surface area contributed by atoms with Crippen molar-refractivity contribution < 1.29 is 18.7 Å². The number of hydrogen-bond acceptors (Lipinski definition) is 3. The number of nitrogens with one attached hydrogen (secondary N) is 1. The van der Waals surface area contributed by atoms with Crippen LogP contribution in [0.1, 0.15) is 34.3 Å². The Morgan fingerprint density at radius 2 is 1.91 bits per heavy atom. The van der Waals surface area contributed by atoms with Gasteiger partial charge in [-0.15, -0.1) is 0 Å². The summed E-state index contributed by atoms with van der Waals surface area (Å²) in [5, 5.41) is 4.62. The summed E-state index contributed by atoms with van der Waals surface area (Å²) in [6.07, 6.45) is 1.48. The van der Waals surface area contributed by atoms with E-state index in [0.29, 0.717) is 24.2 Å². The quantitative estimate of drug-likeness (QED) is 0.645. The second-order valence-electron chi connectivity index (χ2n) is 8.25. The third-order valence-electron chi connectivity index (χ3n) is 6.12. The van der Waals surface area contributed by atoms with Crippen molar-refractivity contribution in [1.82, 2.24) is 10.2 Å². The van der Waals surface area contributed by atoms with Crippen LogP contribution in [0.15, 0.2) is 54.6 Å². The van der Waals surface area contributed by atoms with Gasteiger partial charge in [0.15, 0.2) is 0 Å². The van der Waals surface area contributed by atoms with Crippen LogP contribution in [0.3, 0.4) is 0 Å². The molecule has 2 amide bonds. The molecule has 0 saturated carbocycles. The highest BCUT2D eigenvalue weighted by molar-refractivity contribution is 6.08. The lowest BCUT2D eigenvalue weighted by Gasteiger charge is -2.32. The molecule has 3 aromatic rings. The Morgan fingerprint density at radius 3 is 2.66 bits per heavy atom. The van der Waals surface area contributed by atoms with Gasteiger partial charge < -0.3 is 15.0 Å². The van der Waals surface area contributed by atoms with Gasteiger partial charge >= 0.3 is 0 Å². The second kappa shape index (κ2) is 9.39. The molecule has 3 aromatic carbocycles. The van der Waals surface area contributed by atoms with Gasteiger partial charge in [0, 0.05) is 30.6 Å². The van der Waals surface area contributed by atoms with Gasteiger partial charge in [0.1, 0.15) is 11.6 Å². The first-order valence-electron chi connectivity index (χ1n) is 10.9. The van der Waals surface area contributed by atoms with Crippen LogP contribution in [-0.2, 0) is 11.3 Å². The molecule has 1 aliphatic heterocycles. The number of rotatable bonds is 5. The Balaban J connectivity index is 1.45. The third kappa shape index (κ3) is 4.44. The number of aryl methyl sites for hydroxylation is 1. The molecular formula is C26H27FN2O3. The molecule has 1 fully saturated rings. The molecule has 1 N–H and O–H groups in total. The van der Waals surface area contributed by atoms with E-state index in [0.717, 1.165) is 34.9 Å². The molecule has 0 unspecified atom stereocenters. The van der Waals surface area contributed by atoms with Crippen LogP contribution in [0.2, 0.25) is 0 Å². The van der Waals surface area contributed by atoms with E-state index < -0.39 is 0 Å². The summed E-state index contributed by atoms with van der Waals surface area (Å²) in [5.41, 5.74) is 1.90. The molecule has 32 heavy (non-hydrogen) atoms. The molecule has 0 spiro atoms. The predicted octanol–water partition coefficient (Wildman–Crippen LogP) is 4.46. The summed E-state index contributed by atoms with van der Waals surface area (Å²) in [4.78, 5) is 27.9. The largest absolute Gasteiger partial charge is 0.496 e. The zero-order chi connectivity index (χ0) is 22.7. The number of likely N-dealkylation sites (tertiary alicyclic amines) is 1. The fourth-order valence-corrected chi connectivity index (χ4v) is 4.26. The minimum Gasteiger partial charge on any atom is -0.496 e. The number of nitrogens with zero attached hydrogens (tertiary/aromatic N) is 1. The van der Waals surface area contributed by atoms with Crippen LogP contribution in [-0.4, -0.2) is 36.9 Å². The number of ether oxygens (including phenoxy) is 1. The van der Waals surface area contributed by atoms with Gasteiger partial charge in [-0.25, -0.2) is 4.39 Å². The first-order chi connectivity index (χ1) is 15.5. The van der Waals surface area contributed by atoms with E-state index in [1.807, 2.05) is 36.4 Å². The Bertz CT molecular complexity index is 1160. The van der Waals surface area contributed by atoms with Crippen LogP contribution < -0.4 is 10.1 Å². The van der Waals surface area contributed by atoms with Gasteiger partial charge in [-0.3, -0.25) is 9.59 Å². The molecule has 5 nitrogen and oxygen atoms in total. The number of amides is 2. The minimum atomic E-state index is -0.285. The van der Waals surface area contributed by atoms with Crippen molar-refractivity contribution in [2.75, 3.05) is 20.2 Å². The van der Waals surface area contributed by atoms with E-state index in [2.05, 4.69) is 5.32 Å². The number of halogens is 1. The maximum absolute atomic E-state index is 13.8. The van der Waals surface area contributed by atoms with Crippen molar-refractivity contribution in [3.05, 3.63) is 77.1 Å². The molecule has 166 valence electrons. The summed E-state index contributed by atoms with van der Waals surface area (Å²) < 4.78 is 19.2. The fraction of sp³-hybridized carbons (Fsp3) is 0.308. The number of carbonyl (C=O) groups excluding carboxylic acids is 2. The molecule has 1 heterocycles. The maximum atomic E-state index is 13.8. The molecule has 0 radical (unpaired) electrons. The lowest BCUT2D eigenvalue weighted by molar-refractivity contribution is -0.126. The van der Waals surface area contributed by atoms with E-state index in [4.69, 9.17) is 4.74 Å². The van der Waals surface area contributed by atoms with Crippen LogP contribution in [0.4, 0.5) is 4.39 Å². The Hall–Kier alpha value is -3.41. The summed E-state index contributed by atoms with van der Waals surface area (Å²) in [6.45, 7) is 2.96. The standard InChI is InChI=1S/C26H27FN2O3/c1-17-9-10-18(14-23(17)27)15-28-25(30)19-6-5-13-29(16-19)26(31)22-11-12-24(32-2)21-8-4-3-7-20(21)22/h3-4,7-12,14,19H,5-6,13,15-16H2,1-2H3,(H,28,30)/t19-/m0/s1. The fourth-order valence-electron chi connectivity index (χ4n) is 4.26. The molecule has 1 saturated heterocycles. The van der Waals surface area contributed by atoms with E-state index >= 15 is 0 Å². The van der Waals surface area contributed by atoms with Crippen LogP contribution in [0, 0.1) is 18.7 Å².